The van der Waals surface area contributed by atoms with E-state index in [1.54, 1.807) is 0 Å². The lowest BCUT2D eigenvalue weighted by atomic mass is 10.2. The number of halogens is 1. The minimum absolute atomic E-state index is 0.0194. The van der Waals surface area contributed by atoms with E-state index in [2.05, 4.69) is 37.4 Å². The Bertz CT molecular complexity index is 498. The van der Waals surface area contributed by atoms with Crippen LogP contribution in [0.3, 0.4) is 0 Å². The first-order valence-corrected chi connectivity index (χ1v) is 6.21. The van der Waals surface area contributed by atoms with E-state index in [0.29, 0.717) is 5.15 Å². The second kappa shape index (κ2) is 5.77. The fourth-order valence-electron chi connectivity index (χ4n) is 1.68. The van der Waals surface area contributed by atoms with Crippen LogP contribution < -0.4 is 5.32 Å². The first-order valence-electron chi connectivity index (χ1n) is 5.83. The van der Waals surface area contributed by atoms with Crippen molar-refractivity contribution < 1.29 is 0 Å². The molecule has 0 bridgehead atoms. The number of hydrogen-bond donors (Lipinski definition) is 2. The number of aromatic amines is 1. The summed E-state index contributed by atoms with van der Waals surface area (Å²) >= 11 is 6.09. The molecule has 0 saturated heterocycles. The third kappa shape index (κ3) is 2.76. The van der Waals surface area contributed by atoms with Crippen LogP contribution in [0.5, 0.6) is 0 Å². The highest BCUT2D eigenvalue weighted by molar-refractivity contribution is 6.30. The predicted octanol–water partition coefficient (Wildman–Crippen LogP) is 2.37. The number of nitrogens with one attached hydrogen (secondary N) is 2. The van der Waals surface area contributed by atoms with E-state index in [1.807, 2.05) is 6.92 Å². The zero-order valence-corrected chi connectivity index (χ0v) is 11.1. The lowest BCUT2D eigenvalue weighted by molar-refractivity contribution is 0.781. The number of rotatable bonds is 5. The van der Waals surface area contributed by atoms with Gasteiger partial charge in [-0.05, 0) is 13.3 Å². The van der Waals surface area contributed by atoms with E-state index in [0.717, 1.165) is 30.0 Å². The summed E-state index contributed by atoms with van der Waals surface area (Å²) in [5.74, 6) is 1.51. The second-order valence-corrected chi connectivity index (χ2v) is 4.34. The highest BCUT2D eigenvalue weighted by Gasteiger charge is 2.14. The molecule has 1 atom stereocenters. The summed E-state index contributed by atoms with van der Waals surface area (Å²) in [5, 5.41) is 10.4. The molecule has 0 aliphatic carbocycles. The number of nitrogens with zero attached hydrogens (tertiary/aromatic N) is 4. The molecular formula is C11H15ClN6. The Labute approximate surface area is 110 Å². The van der Waals surface area contributed by atoms with Crippen molar-refractivity contribution in [3.05, 3.63) is 29.2 Å². The third-order valence-corrected chi connectivity index (χ3v) is 2.92. The third-order valence-electron chi connectivity index (χ3n) is 2.59. The summed E-state index contributed by atoms with van der Waals surface area (Å²) < 4.78 is 0. The summed E-state index contributed by atoms with van der Waals surface area (Å²) in [6, 6.07) is -0.0194. The van der Waals surface area contributed by atoms with Crippen LogP contribution in [-0.2, 0) is 6.42 Å². The molecule has 7 heteroatoms. The summed E-state index contributed by atoms with van der Waals surface area (Å²) in [6.07, 6.45) is 4.76. The van der Waals surface area contributed by atoms with Gasteiger partial charge in [-0.2, -0.15) is 5.10 Å². The van der Waals surface area contributed by atoms with Crippen molar-refractivity contribution in [2.45, 2.75) is 32.7 Å². The average molecular weight is 267 g/mol. The second-order valence-electron chi connectivity index (χ2n) is 3.98. The van der Waals surface area contributed by atoms with E-state index >= 15 is 0 Å². The Kier molecular flexibility index (Phi) is 4.09. The van der Waals surface area contributed by atoms with Gasteiger partial charge in [0.15, 0.2) is 0 Å². The van der Waals surface area contributed by atoms with E-state index in [-0.39, 0.29) is 6.04 Å². The van der Waals surface area contributed by atoms with Gasteiger partial charge in [-0.25, -0.2) is 15.0 Å². The molecule has 2 aromatic rings. The van der Waals surface area contributed by atoms with Crippen molar-refractivity contribution in [3.63, 3.8) is 0 Å². The average Bonchev–Trinajstić information content (AvgIpc) is 2.87. The van der Waals surface area contributed by atoms with Gasteiger partial charge in [0.05, 0.1) is 6.04 Å². The van der Waals surface area contributed by atoms with Crippen LogP contribution in [-0.4, -0.2) is 25.1 Å². The van der Waals surface area contributed by atoms with E-state index in [4.69, 9.17) is 11.6 Å². The Morgan fingerprint density at radius 2 is 2.17 bits per heavy atom. The number of hydrogen-bond acceptors (Lipinski definition) is 5. The van der Waals surface area contributed by atoms with E-state index in [9.17, 15) is 0 Å². The zero-order valence-electron chi connectivity index (χ0n) is 10.3. The molecule has 96 valence electrons. The van der Waals surface area contributed by atoms with Gasteiger partial charge >= 0.3 is 0 Å². The first-order chi connectivity index (χ1) is 8.72. The topological polar surface area (TPSA) is 79.4 Å². The van der Waals surface area contributed by atoms with Crippen LogP contribution in [0.2, 0.25) is 5.15 Å². The largest absolute Gasteiger partial charge is 0.360 e. The molecule has 1 unspecified atom stereocenters. The molecule has 0 aliphatic heterocycles. The highest BCUT2D eigenvalue weighted by Crippen LogP contribution is 2.24. The van der Waals surface area contributed by atoms with Crippen LogP contribution in [0.15, 0.2) is 12.7 Å². The lowest BCUT2D eigenvalue weighted by Crippen LogP contribution is -2.12. The Morgan fingerprint density at radius 3 is 2.83 bits per heavy atom. The van der Waals surface area contributed by atoms with Crippen LogP contribution in [0.25, 0.3) is 0 Å². The fraction of sp³-hybridized carbons (Fsp3) is 0.455. The Balaban J connectivity index is 2.20. The quantitative estimate of drug-likeness (QED) is 0.812. The molecule has 0 aromatic carbocycles. The van der Waals surface area contributed by atoms with Gasteiger partial charge in [-0.3, -0.25) is 5.10 Å². The molecule has 0 aliphatic rings. The molecule has 6 nitrogen and oxygen atoms in total. The predicted molar refractivity (Wildman–Crippen MR) is 69.5 cm³/mol. The molecule has 0 saturated carbocycles. The minimum atomic E-state index is -0.0194. The number of H-pyrrole nitrogens is 1. The molecule has 2 aromatic heterocycles. The molecule has 2 heterocycles. The fourth-order valence-corrected chi connectivity index (χ4v) is 1.91. The van der Waals surface area contributed by atoms with Crippen molar-refractivity contribution in [1.82, 2.24) is 25.1 Å². The first kappa shape index (κ1) is 12.8. The monoisotopic (exact) mass is 266 g/mol. The number of aromatic nitrogens is 5. The number of anilines is 1. The molecule has 2 rings (SSSR count). The minimum Gasteiger partial charge on any atom is -0.360 e. The van der Waals surface area contributed by atoms with Crippen molar-refractivity contribution in [3.8, 4) is 0 Å². The van der Waals surface area contributed by atoms with Gasteiger partial charge in [0.1, 0.15) is 29.5 Å². The Hall–Kier alpha value is -1.69. The van der Waals surface area contributed by atoms with Crippen molar-refractivity contribution in [1.29, 1.82) is 0 Å². The maximum absolute atomic E-state index is 6.09. The zero-order chi connectivity index (χ0) is 13.0. The van der Waals surface area contributed by atoms with Crippen LogP contribution >= 0.6 is 11.6 Å². The molecule has 0 amide bonds. The lowest BCUT2D eigenvalue weighted by Gasteiger charge is -2.15. The normalized spacial score (nSPS) is 12.4. The van der Waals surface area contributed by atoms with Gasteiger partial charge in [-0.15, -0.1) is 0 Å². The van der Waals surface area contributed by atoms with E-state index in [1.165, 1.54) is 12.7 Å². The summed E-state index contributed by atoms with van der Waals surface area (Å²) in [4.78, 5) is 12.4. The molecule has 0 radical (unpaired) electrons. The van der Waals surface area contributed by atoms with Gasteiger partial charge < -0.3 is 5.32 Å². The molecular weight excluding hydrogens is 252 g/mol. The van der Waals surface area contributed by atoms with E-state index < -0.39 is 0 Å². The van der Waals surface area contributed by atoms with Crippen molar-refractivity contribution in [2.24, 2.45) is 0 Å². The van der Waals surface area contributed by atoms with Gasteiger partial charge in [0.25, 0.3) is 0 Å². The van der Waals surface area contributed by atoms with Crippen LogP contribution in [0.1, 0.15) is 37.7 Å². The van der Waals surface area contributed by atoms with Crippen LogP contribution in [0, 0.1) is 0 Å². The molecule has 0 fully saturated rings. The SMILES string of the molecule is CCCc1c(Cl)ncnc1NC(C)c1ncn[nH]1. The van der Waals surface area contributed by atoms with Crippen LogP contribution in [0.4, 0.5) is 5.82 Å². The Morgan fingerprint density at radius 1 is 1.33 bits per heavy atom. The molecule has 18 heavy (non-hydrogen) atoms. The maximum Gasteiger partial charge on any atom is 0.146 e. The van der Waals surface area contributed by atoms with Gasteiger partial charge in [0.2, 0.25) is 0 Å². The summed E-state index contributed by atoms with van der Waals surface area (Å²) in [7, 11) is 0. The standard InChI is InChI=1S/C11H15ClN6/c1-3-4-8-9(12)13-5-14-11(8)17-7(2)10-15-6-16-18-10/h5-7H,3-4H2,1-2H3,(H,13,14,17)(H,15,16,18). The highest BCUT2D eigenvalue weighted by atomic mass is 35.5. The maximum atomic E-state index is 6.09. The van der Waals surface area contributed by atoms with Gasteiger partial charge in [0, 0.05) is 5.56 Å². The van der Waals surface area contributed by atoms with Gasteiger partial charge in [-0.1, -0.05) is 24.9 Å². The smallest absolute Gasteiger partial charge is 0.146 e. The summed E-state index contributed by atoms with van der Waals surface area (Å²) in [6.45, 7) is 4.07. The van der Waals surface area contributed by atoms with Crippen molar-refractivity contribution in [2.75, 3.05) is 5.32 Å². The summed E-state index contributed by atoms with van der Waals surface area (Å²) in [5.41, 5.74) is 0.938. The molecule has 0 spiro atoms. The van der Waals surface area contributed by atoms with Crippen molar-refractivity contribution >= 4 is 17.4 Å². The molecule has 2 N–H and O–H groups in total.